The van der Waals surface area contributed by atoms with Crippen LogP contribution in [0.25, 0.3) is 0 Å². The minimum Gasteiger partial charge on any atom is -0.355 e. The fraction of sp³-hybridized carbons (Fsp3) is 0.476. The number of amides is 3. The molecule has 0 spiro atoms. The number of rotatable bonds is 7. The second kappa shape index (κ2) is 10.5. The SMILES string of the molecule is Cc1ccc(NC(=O)c2nnc(C(=O)N3CCC[C@H](C(=O)NCCN(C)C)C3)s2)cc1. The molecule has 0 aliphatic carbocycles. The van der Waals surface area contributed by atoms with Gasteiger partial charge in [-0.15, -0.1) is 10.2 Å². The number of anilines is 1. The summed E-state index contributed by atoms with van der Waals surface area (Å²) in [5, 5.41) is 13.8. The lowest BCUT2D eigenvalue weighted by molar-refractivity contribution is -0.126. The third kappa shape index (κ3) is 6.31. The molecule has 10 heteroatoms. The second-order valence-electron chi connectivity index (χ2n) is 7.92. The Kier molecular flexibility index (Phi) is 7.69. The van der Waals surface area contributed by atoms with Crippen molar-refractivity contribution in [3.63, 3.8) is 0 Å². The molecule has 1 fully saturated rings. The standard InChI is InChI=1S/C21H28N6O3S/c1-14-6-8-16(9-7-14)23-18(29)19-24-25-20(31-19)21(30)27-11-4-5-15(13-27)17(28)22-10-12-26(2)3/h6-9,15H,4-5,10-13H2,1-3H3,(H,22,28)(H,23,29)/t15-/m0/s1. The lowest BCUT2D eigenvalue weighted by Gasteiger charge is -2.31. The first-order chi connectivity index (χ1) is 14.8. The van der Waals surface area contributed by atoms with Gasteiger partial charge in [-0.05, 0) is 46.0 Å². The Morgan fingerprint density at radius 1 is 1.16 bits per heavy atom. The van der Waals surface area contributed by atoms with Crippen molar-refractivity contribution in [3.05, 3.63) is 39.8 Å². The first-order valence-electron chi connectivity index (χ1n) is 10.3. The molecule has 0 saturated carbocycles. The molecule has 31 heavy (non-hydrogen) atoms. The highest BCUT2D eigenvalue weighted by Crippen LogP contribution is 2.21. The molecule has 0 unspecified atom stereocenters. The Labute approximate surface area is 185 Å². The van der Waals surface area contributed by atoms with Crippen LogP contribution < -0.4 is 10.6 Å². The molecule has 1 atom stereocenters. The van der Waals surface area contributed by atoms with E-state index >= 15 is 0 Å². The van der Waals surface area contributed by atoms with Gasteiger partial charge < -0.3 is 20.4 Å². The number of hydrogen-bond donors (Lipinski definition) is 2. The van der Waals surface area contributed by atoms with Gasteiger partial charge in [0.25, 0.3) is 11.8 Å². The van der Waals surface area contributed by atoms with Crippen LogP contribution >= 0.6 is 11.3 Å². The quantitative estimate of drug-likeness (QED) is 0.672. The number of nitrogens with zero attached hydrogens (tertiary/aromatic N) is 4. The average Bonchev–Trinajstić information content (AvgIpc) is 3.25. The van der Waals surface area contributed by atoms with Crippen molar-refractivity contribution in [2.45, 2.75) is 19.8 Å². The molecule has 1 aromatic carbocycles. The molecule has 9 nitrogen and oxygen atoms in total. The lowest BCUT2D eigenvalue weighted by atomic mass is 9.97. The Balaban J connectivity index is 1.57. The minimum atomic E-state index is -0.405. The van der Waals surface area contributed by atoms with Gasteiger partial charge in [-0.3, -0.25) is 14.4 Å². The summed E-state index contributed by atoms with van der Waals surface area (Å²) in [6.07, 6.45) is 1.50. The highest BCUT2D eigenvalue weighted by atomic mass is 32.1. The number of carbonyl (C=O) groups excluding carboxylic acids is 3. The van der Waals surface area contributed by atoms with Gasteiger partial charge in [0.05, 0.1) is 5.92 Å². The number of benzene rings is 1. The molecule has 1 aliphatic heterocycles. The van der Waals surface area contributed by atoms with Gasteiger partial charge in [0.2, 0.25) is 15.9 Å². The topological polar surface area (TPSA) is 108 Å². The van der Waals surface area contributed by atoms with Crippen molar-refractivity contribution in [1.29, 1.82) is 0 Å². The van der Waals surface area contributed by atoms with Crippen LogP contribution in [-0.2, 0) is 4.79 Å². The van der Waals surface area contributed by atoms with Crippen LogP contribution in [0.4, 0.5) is 5.69 Å². The Morgan fingerprint density at radius 3 is 2.58 bits per heavy atom. The number of likely N-dealkylation sites (N-methyl/N-ethyl adjacent to an activating group) is 1. The number of hydrogen-bond acceptors (Lipinski definition) is 7. The molecular formula is C21H28N6O3S. The molecule has 2 N–H and O–H groups in total. The lowest BCUT2D eigenvalue weighted by Crippen LogP contribution is -2.46. The molecule has 2 aromatic rings. The molecule has 0 radical (unpaired) electrons. The van der Waals surface area contributed by atoms with Crippen molar-refractivity contribution in [2.24, 2.45) is 5.92 Å². The van der Waals surface area contributed by atoms with Crippen molar-refractivity contribution in [1.82, 2.24) is 25.3 Å². The van der Waals surface area contributed by atoms with E-state index in [1.807, 2.05) is 38.1 Å². The van der Waals surface area contributed by atoms with Crippen LogP contribution in [0.2, 0.25) is 0 Å². The predicted molar refractivity (Wildman–Crippen MR) is 119 cm³/mol. The van der Waals surface area contributed by atoms with E-state index in [1.54, 1.807) is 17.0 Å². The average molecular weight is 445 g/mol. The molecule has 0 bridgehead atoms. The molecule has 2 heterocycles. The Bertz CT molecular complexity index is 927. The van der Waals surface area contributed by atoms with Gasteiger partial charge in [-0.2, -0.15) is 0 Å². The van der Waals surface area contributed by atoms with E-state index in [0.29, 0.717) is 25.3 Å². The summed E-state index contributed by atoms with van der Waals surface area (Å²) in [7, 11) is 3.90. The molecule has 1 aliphatic rings. The summed E-state index contributed by atoms with van der Waals surface area (Å²) >= 11 is 0.960. The maximum atomic E-state index is 12.9. The summed E-state index contributed by atoms with van der Waals surface area (Å²) in [6, 6.07) is 7.40. The predicted octanol–water partition coefficient (Wildman–Crippen LogP) is 1.63. The summed E-state index contributed by atoms with van der Waals surface area (Å²) < 4.78 is 0. The van der Waals surface area contributed by atoms with Crippen LogP contribution in [0.15, 0.2) is 24.3 Å². The fourth-order valence-corrected chi connectivity index (χ4v) is 3.99. The van der Waals surface area contributed by atoms with Crippen LogP contribution in [0.5, 0.6) is 0 Å². The number of aryl methyl sites for hydroxylation is 1. The normalized spacial score (nSPS) is 16.3. The zero-order chi connectivity index (χ0) is 22.4. The van der Waals surface area contributed by atoms with Crippen molar-refractivity contribution >= 4 is 34.7 Å². The second-order valence-corrected chi connectivity index (χ2v) is 8.89. The molecule has 3 rings (SSSR count). The van der Waals surface area contributed by atoms with Crippen LogP contribution in [-0.4, -0.2) is 78.0 Å². The Morgan fingerprint density at radius 2 is 1.87 bits per heavy atom. The van der Waals surface area contributed by atoms with Crippen molar-refractivity contribution in [2.75, 3.05) is 45.6 Å². The molecule has 1 saturated heterocycles. The van der Waals surface area contributed by atoms with E-state index in [0.717, 1.165) is 36.3 Å². The van der Waals surface area contributed by atoms with E-state index < -0.39 is 5.91 Å². The number of aromatic nitrogens is 2. The third-order valence-electron chi connectivity index (χ3n) is 5.05. The largest absolute Gasteiger partial charge is 0.355 e. The molecular weight excluding hydrogens is 416 g/mol. The van der Waals surface area contributed by atoms with E-state index in [9.17, 15) is 14.4 Å². The van der Waals surface area contributed by atoms with Gasteiger partial charge >= 0.3 is 0 Å². The number of nitrogens with one attached hydrogen (secondary N) is 2. The minimum absolute atomic E-state index is 0.0326. The van der Waals surface area contributed by atoms with Crippen molar-refractivity contribution in [3.8, 4) is 0 Å². The summed E-state index contributed by atoms with van der Waals surface area (Å²) in [5.41, 5.74) is 1.74. The first-order valence-corrected chi connectivity index (χ1v) is 11.1. The van der Waals surface area contributed by atoms with Crippen LogP contribution in [0.1, 0.15) is 38.0 Å². The van der Waals surface area contributed by atoms with Gasteiger partial charge in [-0.1, -0.05) is 29.0 Å². The first kappa shape index (κ1) is 22.8. The maximum Gasteiger partial charge on any atom is 0.286 e. The number of likely N-dealkylation sites (tertiary alicyclic amines) is 1. The van der Waals surface area contributed by atoms with Gasteiger partial charge in [0.15, 0.2) is 0 Å². The third-order valence-corrected chi connectivity index (χ3v) is 5.96. The molecule has 166 valence electrons. The zero-order valence-electron chi connectivity index (χ0n) is 18.1. The van der Waals surface area contributed by atoms with Crippen LogP contribution in [0.3, 0.4) is 0 Å². The zero-order valence-corrected chi connectivity index (χ0v) is 18.9. The molecule has 3 amide bonds. The highest BCUT2D eigenvalue weighted by Gasteiger charge is 2.30. The van der Waals surface area contributed by atoms with E-state index in [1.165, 1.54) is 0 Å². The number of carbonyl (C=O) groups is 3. The highest BCUT2D eigenvalue weighted by molar-refractivity contribution is 7.15. The van der Waals surface area contributed by atoms with Gasteiger partial charge in [-0.25, -0.2) is 0 Å². The maximum absolute atomic E-state index is 12.9. The van der Waals surface area contributed by atoms with Crippen LogP contribution in [0, 0.1) is 12.8 Å². The van der Waals surface area contributed by atoms with Crippen molar-refractivity contribution < 1.29 is 14.4 Å². The molecule has 1 aromatic heterocycles. The summed E-state index contributed by atoms with van der Waals surface area (Å²) in [4.78, 5) is 41.3. The van der Waals surface area contributed by atoms with Gasteiger partial charge in [0, 0.05) is 31.9 Å². The summed E-state index contributed by atoms with van der Waals surface area (Å²) in [5.74, 6) is -0.971. The smallest absolute Gasteiger partial charge is 0.286 e. The van der Waals surface area contributed by atoms with E-state index in [-0.39, 0.29) is 27.7 Å². The Hall–Kier alpha value is -2.85. The van der Waals surface area contributed by atoms with E-state index in [2.05, 4.69) is 20.8 Å². The summed E-state index contributed by atoms with van der Waals surface area (Å²) in [6.45, 7) is 4.21. The fourth-order valence-electron chi connectivity index (χ4n) is 3.28. The van der Waals surface area contributed by atoms with Gasteiger partial charge in [0.1, 0.15) is 0 Å². The van der Waals surface area contributed by atoms with E-state index in [4.69, 9.17) is 0 Å². The number of piperidine rings is 1. The monoisotopic (exact) mass is 444 g/mol.